The minimum Gasteiger partial charge on any atom is -0.358 e. The third kappa shape index (κ3) is 2.84. The van der Waals surface area contributed by atoms with Crippen LogP contribution in [0, 0.1) is 0 Å². The van der Waals surface area contributed by atoms with Crippen LogP contribution in [0.4, 0.5) is 0 Å². The summed E-state index contributed by atoms with van der Waals surface area (Å²) in [5.41, 5.74) is 2.03. The number of H-pyrrole nitrogens is 1. The fourth-order valence-electron chi connectivity index (χ4n) is 1.57. The van der Waals surface area contributed by atoms with Crippen LogP contribution in [-0.2, 0) is 20.7 Å². The van der Waals surface area contributed by atoms with E-state index in [2.05, 4.69) is 9.17 Å². The predicted octanol–water partition coefficient (Wildman–Crippen LogP) is 1.69. The Balaban J connectivity index is 2.05. The summed E-state index contributed by atoms with van der Waals surface area (Å²) in [5, 5.41) is 1.12. The highest BCUT2D eigenvalue weighted by molar-refractivity contribution is 7.85. The lowest BCUT2D eigenvalue weighted by Gasteiger charge is -1.98. The molecule has 1 aromatic heterocycles. The first-order valence-corrected chi connectivity index (χ1v) is 6.77. The molecule has 0 atom stereocenters. The molecule has 2 aromatic rings. The molecule has 4 nitrogen and oxygen atoms in total. The van der Waals surface area contributed by atoms with E-state index in [-0.39, 0.29) is 6.61 Å². The highest BCUT2D eigenvalue weighted by Gasteiger charge is 2.03. The van der Waals surface area contributed by atoms with E-state index < -0.39 is 10.1 Å². The molecule has 86 valence electrons. The highest BCUT2D eigenvalue weighted by Crippen LogP contribution is 2.14. The summed E-state index contributed by atoms with van der Waals surface area (Å²) in [5.74, 6) is 0. The Morgan fingerprint density at radius 3 is 2.75 bits per heavy atom. The molecule has 0 aliphatic carbocycles. The van der Waals surface area contributed by atoms with Gasteiger partial charge in [0.15, 0.2) is 0 Å². The Bertz CT molecular complexity index is 553. The monoisotopic (exact) mass is 239 g/mol. The van der Waals surface area contributed by atoms with E-state index in [1.54, 1.807) is 0 Å². The van der Waals surface area contributed by atoms with Crippen LogP contribution in [0.5, 0.6) is 0 Å². The Hall–Kier alpha value is -1.33. The maximum Gasteiger partial charge on any atom is 0.264 e. The summed E-state index contributed by atoms with van der Waals surface area (Å²) in [6.45, 7) is 0.172. The normalized spacial score (nSPS) is 12.1. The summed E-state index contributed by atoms with van der Waals surface area (Å²) < 4.78 is 26.2. The molecule has 16 heavy (non-hydrogen) atoms. The lowest BCUT2D eigenvalue weighted by Crippen LogP contribution is -2.06. The summed E-state index contributed by atoms with van der Waals surface area (Å²) in [6.07, 6.45) is 1.61. The third-order valence-corrected chi connectivity index (χ3v) is 2.85. The van der Waals surface area contributed by atoms with Gasteiger partial charge in [-0.2, -0.15) is 8.42 Å². The minimum atomic E-state index is -3.34. The first kappa shape index (κ1) is 11.2. The van der Waals surface area contributed by atoms with Gasteiger partial charge in [-0.3, -0.25) is 4.18 Å². The van der Waals surface area contributed by atoms with Crippen molar-refractivity contribution in [2.75, 3.05) is 12.9 Å². The average molecular weight is 239 g/mol. The molecule has 0 bridgehead atoms. The number of rotatable bonds is 4. The Morgan fingerprint density at radius 1 is 1.31 bits per heavy atom. The molecule has 0 aliphatic rings. The molecule has 0 radical (unpaired) electrons. The summed E-state index contributed by atoms with van der Waals surface area (Å²) in [7, 11) is -3.34. The molecule has 0 amide bonds. The molecule has 0 saturated heterocycles. The molecule has 1 heterocycles. The maximum atomic E-state index is 10.8. The summed E-state index contributed by atoms with van der Waals surface area (Å²) in [4.78, 5) is 3.21. The third-order valence-electron chi connectivity index (χ3n) is 2.25. The Kier molecular flexibility index (Phi) is 2.98. The van der Waals surface area contributed by atoms with Crippen molar-refractivity contribution in [1.82, 2.24) is 4.98 Å². The molecule has 0 fully saturated rings. The van der Waals surface area contributed by atoms with Crippen LogP contribution in [0.1, 0.15) is 5.69 Å². The highest BCUT2D eigenvalue weighted by atomic mass is 32.2. The standard InChI is InChI=1S/C11H13NO3S/c1-16(13,14)15-7-6-10-8-9-4-2-3-5-11(9)12-10/h2-5,8,12H,6-7H2,1H3. The second kappa shape index (κ2) is 4.27. The fourth-order valence-corrected chi connectivity index (χ4v) is 1.96. The van der Waals surface area contributed by atoms with Crippen LogP contribution in [-0.4, -0.2) is 26.3 Å². The van der Waals surface area contributed by atoms with E-state index in [0.717, 1.165) is 22.9 Å². The van der Waals surface area contributed by atoms with Crippen molar-refractivity contribution in [2.45, 2.75) is 6.42 Å². The Labute approximate surface area is 94.4 Å². The van der Waals surface area contributed by atoms with Gasteiger partial charge in [-0.1, -0.05) is 18.2 Å². The van der Waals surface area contributed by atoms with Crippen molar-refractivity contribution in [3.63, 3.8) is 0 Å². The molecular formula is C11H13NO3S. The number of nitrogens with one attached hydrogen (secondary N) is 1. The zero-order valence-corrected chi connectivity index (χ0v) is 9.75. The lowest BCUT2D eigenvalue weighted by atomic mass is 10.2. The van der Waals surface area contributed by atoms with Gasteiger partial charge in [-0.05, 0) is 17.5 Å². The van der Waals surface area contributed by atoms with E-state index >= 15 is 0 Å². The molecule has 2 rings (SSSR count). The van der Waals surface area contributed by atoms with Gasteiger partial charge in [0.05, 0.1) is 12.9 Å². The number of para-hydroxylation sites is 1. The summed E-state index contributed by atoms with van der Waals surface area (Å²) in [6, 6.07) is 9.91. The van der Waals surface area contributed by atoms with Gasteiger partial charge in [-0.15, -0.1) is 0 Å². The zero-order valence-electron chi connectivity index (χ0n) is 8.93. The van der Waals surface area contributed by atoms with Crippen molar-refractivity contribution in [3.8, 4) is 0 Å². The first-order valence-electron chi connectivity index (χ1n) is 4.96. The number of benzene rings is 1. The number of aromatic nitrogens is 1. The second-order valence-corrected chi connectivity index (χ2v) is 5.30. The topological polar surface area (TPSA) is 59.2 Å². The van der Waals surface area contributed by atoms with Gasteiger partial charge >= 0.3 is 0 Å². The maximum absolute atomic E-state index is 10.8. The molecule has 0 saturated carbocycles. The van der Waals surface area contributed by atoms with Crippen molar-refractivity contribution in [2.24, 2.45) is 0 Å². The van der Waals surface area contributed by atoms with Crippen LogP contribution < -0.4 is 0 Å². The number of aromatic amines is 1. The van der Waals surface area contributed by atoms with Crippen molar-refractivity contribution in [3.05, 3.63) is 36.0 Å². The van der Waals surface area contributed by atoms with Crippen molar-refractivity contribution >= 4 is 21.0 Å². The van der Waals surface area contributed by atoms with Gasteiger partial charge in [0.25, 0.3) is 10.1 Å². The molecule has 0 aliphatic heterocycles. The molecule has 1 aromatic carbocycles. The quantitative estimate of drug-likeness (QED) is 0.826. The largest absolute Gasteiger partial charge is 0.358 e. The van der Waals surface area contributed by atoms with Gasteiger partial charge in [0.1, 0.15) is 0 Å². The van der Waals surface area contributed by atoms with Crippen LogP contribution >= 0.6 is 0 Å². The number of fused-ring (bicyclic) bond motifs is 1. The SMILES string of the molecule is CS(=O)(=O)OCCc1cc2ccccc2[nH]1. The molecule has 0 unspecified atom stereocenters. The van der Waals surface area contributed by atoms with E-state index in [0.29, 0.717) is 6.42 Å². The van der Waals surface area contributed by atoms with Gasteiger partial charge in [0.2, 0.25) is 0 Å². The average Bonchev–Trinajstić information content (AvgIpc) is 2.57. The lowest BCUT2D eigenvalue weighted by molar-refractivity contribution is 0.325. The number of hydrogen-bond donors (Lipinski definition) is 1. The van der Waals surface area contributed by atoms with Crippen LogP contribution in [0.15, 0.2) is 30.3 Å². The second-order valence-electron chi connectivity index (χ2n) is 3.66. The van der Waals surface area contributed by atoms with E-state index in [9.17, 15) is 8.42 Å². The molecular weight excluding hydrogens is 226 g/mol. The molecule has 5 heteroatoms. The number of hydrogen-bond acceptors (Lipinski definition) is 3. The van der Waals surface area contributed by atoms with Crippen LogP contribution in [0.25, 0.3) is 10.9 Å². The van der Waals surface area contributed by atoms with Crippen molar-refractivity contribution in [1.29, 1.82) is 0 Å². The smallest absolute Gasteiger partial charge is 0.264 e. The van der Waals surface area contributed by atoms with E-state index in [1.807, 2.05) is 30.3 Å². The predicted molar refractivity (Wildman–Crippen MR) is 62.8 cm³/mol. The van der Waals surface area contributed by atoms with Gasteiger partial charge < -0.3 is 4.98 Å². The van der Waals surface area contributed by atoms with Gasteiger partial charge in [0, 0.05) is 17.6 Å². The van der Waals surface area contributed by atoms with Crippen molar-refractivity contribution < 1.29 is 12.6 Å². The minimum absolute atomic E-state index is 0.172. The van der Waals surface area contributed by atoms with Crippen LogP contribution in [0.2, 0.25) is 0 Å². The summed E-state index contributed by atoms with van der Waals surface area (Å²) >= 11 is 0. The first-order chi connectivity index (χ1) is 7.54. The molecule has 1 N–H and O–H groups in total. The van der Waals surface area contributed by atoms with Crippen LogP contribution in [0.3, 0.4) is 0 Å². The van der Waals surface area contributed by atoms with E-state index in [1.165, 1.54) is 0 Å². The zero-order chi connectivity index (χ0) is 11.6. The fraction of sp³-hybridized carbons (Fsp3) is 0.273. The Morgan fingerprint density at radius 2 is 2.06 bits per heavy atom. The molecule has 0 spiro atoms. The van der Waals surface area contributed by atoms with E-state index in [4.69, 9.17) is 0 Å². The van der Waals surface area contributed by atoms with Gasteiger partial charge in [-0.25, -0.2) is 0 Å².